The van der Waals surface area contributed by atoms with E-state index in [-0.39, 0.29) is 18.6 Å². The number of ether oxygens (including phenoxy) is 1. The Hall–Kier alpha value is -3.46. The minimum Gasteiger partial charge on any atom is -0.453 e. The summed E-state index contributed by atoms with van der Waals surface area (Å²) in [6.45, 7) is 1.16. The van der Waals surface area contributed by atoms with E-state index in [4.69, 9.17) is 0 Å². The Morgan fingerprint density at radius 2 is 1.75 bits per heavy atom. The Morgan fingerprint density at radius 1 is 1.06 bits per heavy atom. The standard InChI is InChI=1S/C28H29N3O5/c1-36-27(34)29-16-28(35)21-10-2-3-11-22(21)31(26(28)33)18-12-14-30(15-13-18)24-19-8-4-6-17-7-5-9-20(23(17)19)25(24)32/h2-11,18,24-25,32,35H,12-16H2,1H3,(H,29,34)/t24?,25-,28?/m1/s1. The molecule has 1 saturated heterocycles. The number of carbonyl (C=O) groups is 2. The van der Waals surface area contributed by atoms with Crippen LogP contribution in [-0.2, 0) is 15.1 Å². The van der Waals surface area contributed by atoms with Crippen molar-refractivity contribution in [3.8, 4) is 0 Å². The van der Waals surface area contributed by atoms with Gasteiger partial charge in [0.25, 0.3) is 5.91 Å². The van der Waals surface area contributed by atoms with Gasteiger partial charge in [0.15, 0.2) is 5.60 Å². The molecule has 3 N–H and O–H groups in total. The van der Waals surface area contributed by atoms with Gasteiger partial charge in [-0.2, -0.15) is 0 Å². The molecule has 2 unspecified atom stereocenters. The van der Waals surface area contributed by atoms with Gasteiger partial charge in [-0.1, -0.05) is 54.6 Å². The summed E-state index contributed by atoms with van der Waals surface area (Å²) in [5.41, 5.74) is 1.44. The van der Waals surface area contributed by atoms with Crippen LogP contribution in [0, 0.1) is 0 Å². The van der Waals surface area contributed by atoms with Crippen LogP contribution >= 0.6 is 0 Å². The van der Waals surface area contributed by atoms with E-state index >= 15 is 0 Å². The van der Waals surface area contributed by atoms with Gasteiger partial charge in [-0.05, 0) is 40.8 Å². The van der Waals surface area contributed by atoms with Gasteiger partial charge in [-0.3, -0.25) is 9.69 Å². The number of methoxy groups -OCH3 is 1. The molecule has 3 aromatic rings. The molecule has 186 valence electrons. The molecule has 3 aromatic carbocycles. The molecule has 2 amide bonds. The highest BCUT2D eigenvalue weighted by molar-refractivity contribution is 6.07. The number of fused-ring (bicyclic) bond motifs is 1. The first-order valence-corrected chi connectivity index (χ1v) is 12.3. The van der Waals surface area contributed by atoms with E-state index in [9.17, 15) is 19.8 Å². The Morgan fingerprint density at radius 3 is 2.47 bits per heavy atom. The summed E-state index contributed by atoms with van der Waals surface area (Å²) in [6, 6.07) is 19.3. The molecule has 6 rings (SSSR count). The van der Waals surface area contributed by atoms with Crippen LogP contribution < -0.4 is 10.2 Å². The molecule has 0 bridgehead atoms. The quantitative estimate of drug-likeness (QED) is 0.523. The fourth-order valence-corrected chi connectivity index (χ4v) is 6.31. The first kappa shape index (κ1) is 23.0. The van der Waals surface area contributed by atoms with Gasteiger partial charge in [0.1, 0.15) is 0 Å². The first-order valence-electron chi connectivity index (χ1n) is 12.3. The molecule has 8 heteroatoms. The molecule has 0 spiro atoms. The molecule has 0 aromatic heterocycles. The summed E-state index contributed by atoms with van der Waals surface area (Å²) in [5.74, 6) is -0.434. The van der Waals surface area contributed by atoms with Crippen molar-refractivity contribution in [2.24, 2.45) is 0 Å². The maximum atomic E-state index is 13.6. The summed E-state index contributed by atoms with van der Waals surface area (Å²) >= 11 is 0. The zero-order valence-corrected chi connectivity index (χ0v) is 20.1. The minimum atomic E-state index is -1.85. The van der Waals surface area contributed by atoms with Crippen molar-refractivity contribution in [1.29, 1.82) is 0 Å². The highest BCUT2D eigenvalue weighted by Crippen LogP contribution is 2.48. The van der Waals surface area contributed by atoms with Crippen molar-refractivity contribution < 1.29 is 24.5 Å². The van der Waals surface area contributed by atoms with Crippen molar-refractivity contribution in [3.63, 3.8) is 0 Å². The summed E-state index contributed by atoms with van der Waals surface area (Å²) in [7, 11) is 1.24. The molecule has 0 saturated carbocycles. The Kier molecular flexibility index (Phi) is 5.48. The number of amides is 2. The lowest BCUT2D eigenvalue weighted by molar-refractivity contribution is -0.136. The molecule has 1 aliphatic carbocycles. The van der Waals surface area contributed by atoms with Gasteiger partial charge in [0.05, 0.1) is 31.5 Å². The van der Waals surface area contributed by atoms with Gasteiger partial charge < -0.3 is 25.2 Å². The number of para-hydroxylation sites is 1. The van der Waals surface area contributed by atoms with Crippen molar-refractivity contribution in [2.45, 2.75) is 36.6 Å². The number of piperidine rings is 1. The Bertz CT molecular complexity index is 1350. The van der Waals surface area contributed by atoms with Crippen LogP contribution in [0.4, 0.5) is 10.5 Å². The number of hydrogen-bond acceptors (Lipinski definition) is 6. The normalized spacial score (nSPS) is 25.9. The van der Waals surface area contributed by atoms with Gasteiger partial charge in [-0.25, -0.2) is 4.79 Å². The summed E-state index contributed by atoms with van der Waals surface area (Å²) < 4.78 is 4.62. The van der Waals surface area contributed by atoms with Gasteiger partial charge in [0, 0.05) is 24.7 Å². The number of hydrogen-bond donors (Lipinski definition) is 3. The number of carbonyl (C=O) groups excluding carboxylic acids is 2. The number of rotatable bonds is 4. The molecule has 3 aliphatic rings. The van der Waals surface area contributed by atoms with Crippen LogP contribution in [0.5, 0.6) is 0 Å². The number of alkyl carbamates (subject to hydrolysis) is 1. The average molecular weight is 488 g/mol. The molecule has 8 nitrogen and oxygen atoms in total. The summed E-state index contributed by atoms with van der Waals surface area (Å²) in [4.78, 5) is 29.2. The predicted molar refractivity (Wildman–Crippen MR) is 134 cm³/mol. The second kappa shape index (κ2) is 8.58. The number of aliphatic hydroxyl groups is 2. The number of anilines is 1. The molecule has 2 aliphatic heterocycles. The van der Waals surface area contributed by atoms with Crippen LogP contribution in [0.15, 0.2) is 60.7 Å². The largest absolute Gasteiger partial charge is 0.453 e. The fourth-order valence-electron chi connectivity index (χ4n) is 6.31. The van der Waals surface area contributed by atoms with Crippen LogP contribution in [0.25, 0.3) is 10.8 Å². The van der Waals surface area contributed by atoms with Crippen molar-refractivity contribution in [1.82, 2.24) is 10.2 Å². The third-order valence-electron chi connectivity index (χ3n) is 8.02. The van der Waals surface area contributed by atoms with Crippen LogP contribution in [0.1, 0.15) is 41.7 Å². The van der Waals surface area contributed by atoms with E-state index in [2.05, 4.69) is 33.2 Å². The van der Waals surface area contributed by atoms with Crippen LogP contribution in [0.2, 0.25) is 0 Å². The van der Waals surface area contributed by atoms with Crippen LogP contribution in [-0.4, -0.2) is 59.9 Å². The van der Waals surface area contributed by atoms with E-state index in [0.29, 0.717) is 37.2 Å². The van der Waals surface area contributed by atoms with Crippen LogP contribution in [0.3, 0.4) is 0 Å². The molecule has 3 atom stereocenters. The van der Waals surface area contributed by atoms with Crippen molar-refractivity contribution in [2.75, 3.05) is 31.6 Å². The van der Waals surface area contributed by atoms with E-state index in [1.54, 1.807) is 17.0 Å². The third-order valence-corrected chi connectivity index (χ3v) is 8.02. The monoisotopic (exact) mass is 487 g/mol. The van der Waals surface area contributed by atoms with Crippen molar-refractivity contribution >= 4 is 28.5 Å². The minimum absolute atomic E-state index is 0.0984. The second-order valence-electron chi connectivity index (χ2n) is 9.85. The molecule has 36 heavy (non-hydrogen) atoms. The van der Waals surface area contributed by atoms with E-state index < -0.39 is 23.7 Å². The zero-order valence-electron chi connectivity index (χ0n) is 20.1. The zero-order chi connectivity index (χ0) is 25.0. The van der Waals surface area contributed by atoms with Gasteiger partial charge in [-0.15, -0.1) is 0 Å². The lowest BCUT2D eigenvalue weighted by Gasteiger charge is -2.41. The topological polar surface area (TPSA) is 102 Å². The fraction of sp³-hybridized carbons (Fsp3) is 0.357. The smallest absolute Gasteiger partial charge is 0.406 e. The average Bonchev–Trinajstić information content (AvgIpc) is 3.32. The van der Waals surface area contributed by atoms with Gasteiger partial charge in [0.2, 0.25) is 0 Å². The molecule has 0 radical (unpaired) electrons. The SMILES string of the molecule is COC(=O)NCC1(O)C(=O)N(C2CCN(C3c4cccc5cccc(c45)[C@H]3O)CC2)c2ccccc21. The molecular weight excluding hydrogens is 458 g/mol. The Labute approximate surface area is 209 Å². The highest BCUT2D eigenvalue weighted by Gasteiger charge is 2.52. The highest BCUT2D eigenvalue weighted by atomic mass is 16.5. The maximum Gasteiger partial charge on any atom is 0.406 e. The van der Waals surface area contributed by atoms with Crippen molar-refractivity contribution in [3.05, 3.63) is 77.4 Å². The summed E-state index contributed by atoms with van der Waals surface area (Å²) in [5, 5.41) is 27.4. The number of nitrogens with zero attached hydrogens (tertiary/aromatic N) is 2. The number of nitrogens with one attached hydrogen (secondary N) is 1. The maximum absolute atomic E-state index is 13.6. The molecule has 1 fully saturated rings. The lowest BCUT2D eigenvalue weighted by Crippen LogP contribution is -2.53. The molecule has 2 heterocycles. The third kappa shape index (κ3) is 3.32. The lowest BCUT2D eigenvalue weighted by atomic mass is 9.95. The first-order chi connectivity index (χ1) is 17.4. The van der Waals surface area contributed by atoms with E-state index in [1.165, 1.54) is 7.11 Å². The number of aliphatic hydroxyl groups excluding tert-OH is 1. The van der Waals surface area contributed by atoms with E-state index in [0.717, 1.165) is 21.9 Å². The summed E-state index contributed by atoms with van der Waals surface area (Å²) in [6.07, 6.45) is 0.115. The van der Waals surface area contributed by atoms with E-state index in [1.807, 2.05) is 30.3 Å². The molecular formula is C28H29N3O5. The number of benzene rings is 3. The second-order valence-corrected chi connectivity index (χ2v) is 9.85. The Balaban J connectivity index is 1.23. The predicted octanol–water partition coefficient (Wildman–Crippen LogP) is 2.98. The van der Waals surface area contributed by atoms with Gasteiger partial charge >= 0.3 is 6.09 Å². The number of likely N-dealkylation sites (tertiary alicyclic amines) is 1.